The first kappa shape index (κ1) is 17.0. The van der Waals surface area contributed by atoms with Crippen LogP contribution in [0, 0.1) is 20.8 Å². The van der Waals surface area contributed by atoms with E-state index in [9.17, 15) is 4.79 Å². The number of rotatable bonds is 8. The van der Waals surface area contributed by atoms with E-state index < -0.39 is 0 Å². The largest absolute Gasteiger partial charge is 0.466 e. The number of thioether (sulfide) groups is 1. The Balaban J connectivity index is 2.20. The van der Waals surface area contributed by atoms with Crippen molar-refractivity contribution in [2.45, 2.75) is 58.5 Å². The average molecular weight is 296 g/mol. The van der Waals surface area contributed by atoms with Gasteiger partial charge in [-0.25, -0.2) is 9.97 Å². The molecular weight excluding hydrogens is 272 g/mol. The van der Waals surface area contributed by atoms with E-state index in [4.69, 9.17) is 4.74 Å². The summed E-state index contributed by atoms with van der Waals surface area (Å²) in [7, 11) is 0. The molecule has 112 valence electrons. The van der Waals surface area contributed by atoms with Crippen LogP contribution in [0.5, 0.6) is 0 Å². The van der Waals surface area contributed by atoms with E-state index in [-0.39, 0.29) is 5.97 Å². The van der Waals surface area contributed by atoms with Crippen LogP contribution in [0.3, 0.4) is 0 Å². The summed E-state index contributed by atoms with van der Waals surface area (Å²) in [5, 5.41) is 0.857. The Morgan fingerprint density at radius 3 is 2.35 bits per heavy atom. The van der Waals surface area contributed by atoms with Gasteiger partial charge in [0.1, 0.15) is 0 Å². The first-order chi connectivity index (χ1) is 9.54. The van der Waals surface area contributed by atoms with Gasteiger partial charge >= 0.3 is 5.97 Å². The molecule has 0 aromatic carbocycles. The molecule has 1 rings (SSSR count). The molecule has 0 spiro atoms. The standard InChI is InChI=1S/C15H24N2O2S/c1-5-19-14(18)9-7-6-8-10-20-15-16-12(3)11(2)13(4)17-15/h5-10H2,1-4H3. The van der Waals surface area contributed by atoms with Crippen molar-refractivity contribution in [1.82, 2.24) is 9.97 Å². The second-order valence-corrected chi connectivity index (χ2v) is 5.83. The fourth-order valence-electron chi connectivity index (χ4n) is 1.75. The predicted molar refractivity (Wildman–Crippen MR) is 82.1 cm³/mol. The molecule has 0 amide bonds. The summed E-state index contributed by atoms with van der Waals surface area (Å²) in [6.45, 7) is 8.40. The summed E-state index contributed by atoms with van der Waals surface area (Å²) < 4.78 is 4.89. The third-order valence-electron chi connectivity index (χ3n) is 3.17. The van der Waals surface area contributed by atoms with Gasteiger partial charge in [0.25, 0.3) is 0 Å². The number of esters is 1. The highest BCUT2D eigenvalue weighted by Crippen LogP contribution is 2.18. The van der Waals surface area contributed by atoms with Crippen molar-refractivity contribution in [2.75, 3.05) is 12.4 Å². The molecule has 0 fully saturated rings. The van der Waals surface area contributed by atoms with E-state index in [0.29, 0.717) is 13.0 Å². The lowest BCUT2D eigenvalue weighted by atomic mass is 10.2. The third kappa shape index (κ3) is 5.90. The number of nitrogens with zero attached hydrogens (tertiary/aromatic N) is 2. The molecule has 4 nitrogen and oxygen atoms in total. The molecule has 0 saturated carbocycles. The molecule has 0 bridgehead atoms. The zero-order valence-electron chi connectivity index (χ0n) is 12.9. The van der Waals surface area contributed by atoms with E-state index in [0.717, 1.165) is 41.6 Å². The van der Waals surface area contributed by atoms with E-state index in [1.165, 1.54) is 5.56 Å². The normalized spacial score (nSPS) is 10.6. The SMILES string of the molecule is CCOC(=O)CCCCCSc1nc(C)c(C)c(C)n1. The fourth-order valence-corrected chi connectivity index (χ4v) is 2.68. The van der Waals surface area contributed by atoms with Gasteiger partial charge in [-0.05, 0) is 46.1 Å². The van der Waals surface area contributed by atoms with Crippen LogP contribution in [0.1, 0.15) is 49.6 Å². The van der Waals surface area contributed by atoms with Crippen molar-refractivity contribution in [3.8, 4) is 0 Å². The van der Waals surface area contributed by atoms with Crippen LogP contribution >= 0.6 is 11.8 Å². The Hall–Kier alpha value is -1.10. The van der Waals surface area contributed by atoms with Crippen LogP contribution < -0.4 is 0 Å². The predicted octanol–water partition coefficient (Wildman–Crippen LogP) is 3.62. The minimum absolute atomic E-state index is 0.0896. The van der Waals surface area contributed by atoms with Crippen LogP contribution in [0.4, 0.5) is 0 Å². The van der Waals surface area contributed by atoms with Crippen molar-refractivity contribution >= 4 is 17.7 Å². The number of hydrogen-bond donors (Lipinski definition) is 0. The van der Waals surface area contributed by atoms with Gasteiger partial charge in [0.05, 0.1) is 6.61 Å². The fraction of sp³-hybridized carbons (Fsp3) is 0.667. The molecule has 1 aromatic rings. The lowest BCUT2D eigenvalue weighted by Gasteiger charge is -2.06. The van der Waals surface area contributed by atoms with Crippen LogP contribution in [0.15, 0.2) is 5.16 Å². The van der Waals surface area contributed by atoms with Gasteiger partial charge in [0.15, 0.2) is 5.16 Å². The topological polar surface area (TPSA) is 52.1 Å². The maximum atomic E-state index is 11.2. The van der Waals surface area contributed by atoms with E-state index in [1.807, 2.05) is 20.8 Å². The molecule has 0 aliphatic rings. The van der Waals surface area contributed by atoms with Gasteiger partial charge in [0, 0.05) is 23.6 Å². The number of carbonyl (C=O) groups is 1. The molecule has 0 N–H and O–H groups in total. The monoisotopic (exact) mass is 296 g/mol. The smallest absolute Gasteiger partial charge is 0.305 e. The first-order valence-electron chi connectivity index (χ1n) is 7.14. The zero-order valence-corrected chi connectivity index (χ0v) is 13.7. The van der Waals surface area contributed by atoms with Gasteiger partial charge < -0.3 is 4.74 Å². The Kier molecular flexibility index (Phi) is 7.59. The minimum Gasteiger partial charge on any atom is -0.466 e. The summed E-state index contributed by atoms with van der Waals surface area (Å²) in [6, 6.07) is 0. The van der Waals surface area contributed by atoms with E-state index in [2.05, 4.69) is 16.9 Å². The number of hydrogen-bond acceptors (Lipinski definition) is 5. The molecule has 0 aliphatic carbocycles. The molecule has 0 saturated heterocycles. The summed E-state index contributed by atoms with van der Waals surface area (Å²) in [5.74, 6) is 0.901. The Labute approximate surface area is 125 Å². The van der Waals surface area contributed by atoms with Gasteiger partial charge in [-0.15, -0.1) is 0 Å². The van der Waals surface area contributed by atoms with E-state index in [1.54, 1.807) is 11.8 Å². The zero-order chi connectivity index (χ0) is 15.0. The van der Waals surface area contributed by atoms with Crippen LogP contribution in [0.25, 0.3) is 0 Å². The Morgan fingerprint density at radius 1 is 1.10 bits per heavy atom. The molecule has 1 aromatic heterocycles. The maximum Gasteiger partial charge on any atom is 0.305 e. The van der Waals surface area contributed by atoms with Gasteiger partial charge in [-0.3, -0.25) is 4.79 Å². The molecule has 1 heterocycles. The maximum absolute atomic E-state index is 11.2. The first-order valence-corrected chi connectivity index (χ1v) is 8.13. The van der Waals surface area contributed by atoms with Crippen molar-refractivity contribution in [2.24, 2.45) is 0 Å². The number of aromatic nitrogens is 2. The molecule has 0 unspecified atom stereocenters. The Morgan fingerprint density at radius 2 is 1.75 bits per heavy atom. The summed E-state index contributed by atoms with van der Waals surface area (Å²) in [4.78, 5) is 20.1. The molecule has 0 radical (unpaired) electrons. The van der Waals surface area contributed by atoms with Gasteiger partial charge in [-0.1, -0.05) is 18.2 Å². The molecule has 20 heavy (non-hydrogen) atoms. The number of carbonyl (C=O) groups excluding carboxylic acids is 1. The van der Waals surface area contributed by atoms with Crippen LogP contribution in [-0.4, -0.2) is 28.3 Å². The number of aryl methyl sites for hydroxylation is 2. The molecule has 0 atom stereocenters. The van der Waals surface area contributed by atoms with Crippen LogP contribution in [-0.2, 0) is 9.53 Å². The van der Waals surface area contributed by atoms with E-state index >= 15 is 0 Å². The van der Waals surface area contributed by atoms with Crippen molar-refractivity contribution in [3.63, 3.8) is 0 Å². The highest BCUT2D eigenvalue weighted by atomic mass is 32.2. The molecular formula is C15H24N2O2S. The second-order valence-electron chi connectivity index (χ2n) is 4.77. The van der Waals surface area contributed by atoms with Crippen molar-refractivity contribution in [3.05, 3.63) is 17.0 Å². The molecule has 5 heteroatoms. The van der Waals surface area contributed by atoms with Crippen LogP contribution in [0.2, 0.25) is 0 Å². The minimum atomic E-state index is -0.0896. The van der Waals surface area contributed by atoms with Gasteiger partial charge in [-0.2, -0.15) is 0 Å². The second kappa shape index (κ2) is 8.95. The van der Waals surface area contributed by atoms with Crippen molar-refractivity contribution < 1.29 is 9.53 Å². The lowest BCUT2D eigenvalue weighted by Crippen LogP contribution is -2.03. The molecule has 0 aliphatic heterocycles. The Bertz CT molecular complexity index is 426. The highest BCUT2D eigenvalue weighted by Gasteiger charge is 2.05. The average Bonchev–Trinajstić information content (AvgIpc) is 2.40. The lowest BCUT2D eigenvalue weighted by molar-refractivity contribution is -0.143. The van der Waals surface area contributed by atoms with Crippen molar-refractivity contribution in [1.29, 1.82) is 0 Å². The highest BCUT2D eigenvalue weighted by molar-refractivity contribution is 7.99. The quantitative estimate of drug-likeness (QED) is 0.317. The number of ether oxygens (including phenoxy) is 1. The number of unbranched alkanes of at least 4 members (excludes halogenated alkanes) is 2. The third-order valence-corrected chi connectivity index (χ3v) is 4.11. The summed E-state index contributed by atoms with van der Waals surface area (Å²) in [6.07, 6.45) is 3.53. The van der Waals surface area contributed by atoms with Gasteiger partial charge in [0.2, 0.25) is 0 Å². The summed E-state index contributed by atoms with van der Waals surface area (Å²) >= 11 is 1.69. The summed E-state index contributed by atoms with van der Waals surface area (Å²) in [5.41, 5.74) is 3.29.